The summed E-state index contributed by atoms with van der Waals surface area (Å²) in [6.07, 6.45) is -0.212. The molecule has 0 atom stereocenters. The summed E-state index contributed by atoms with van der Waals surface area (Å²) in [7, 11) is 0. The second-order valence-corrected chi connectivity index (χ2v) is 7.71. The van der Waals surface area contributed by atoms with E-state index in [9.17, 15) is 27.9 Å². The Labute approximate surface area is 192 Å². The van der Waals surface area contributed by atoms with Gasteiger partial charge in [-0.1, -0.05) is 6.07 Å². The molecule has 0 aliphatic heterocycles. The molecule has 3 aromatic heterocycles. The van der Waals surface area contributed by atoms with Crippen LogP contribution in [-0.4, -0.2) is 48.0 Å². The fourth-order valence-corrected chi connectivity index (χ4v) is 3.28. The lowest BCUT2D eigenvalue weighted by molar-refractivity contribution is -0.274. The first-order valence-corrected chi connectivity index (χ1v) is 10.3. The summed E-state index contributed by atoms with van der Waals surface area (Å²) >= 11 is 0. The first-order chi connectivity index (χ1) is 16.6. The van der Waals surface area contributed by atoms with Gasteiger partial charge >= 0.3 is 12.1 Å². The summed E-state index contributed by atoms with van der Waals surface area (Å²) in [6.45, 7) is 0. The fourth-order valence-electron chi connectivity index (χ4n) is 3.28. The zero-order valence-electron chi connectivity index (χ0n) is 17.6. The lowest BCUT2D eigenvalue weighted by atomic mass is 10.2. The van der Waals surface area contributed by atoms with Crippen molar-refractivity contribution in [3.05, 3.63) is 69.0 Å². The molecule has 1 aliphatic rings. The largest absolute Gasteiger partial charge is 0.573 e. The number of rotatable bonds is 5. The number of ether oxygens (including phenoxy) is 1. The minimum Gasteiger partial charge on any atom is -0.493 e. The molecule has 1 aromatic carbocycles. The van der Waals surface area contributed by atoms with Gasteiger partial charge in [0.25, 0.3) is 5.91 Å². The molecule has 0 radical (unpaired) electrons. The van der Waals surface area contributed by atoms with Gasteiger partial charge in [-0.25, -0.2) is 9.78 Å². The number of benzene rings is 1. The Hall–Kier alpha value is -4.62. The summed E-state index contributed by atoms with van der Waals surface area (Å²) < 4.78 is 42.9. The Kier molecular flexibility index (Phi) is 5.26. The van der Waals surface area contributed by atoms with Gasteiger partial charge in [0.2, 0.25) is 5.88 Å². The van der Waals surface area contributed by atoms with Crippen LogP contribution in [0, 0.1) is 0 Å². The van der Waals surface area contributed by atoms with Gasteiger partial charge in [0.15, 0.2) is 11.1 Å². The van der Waals surface area contributed by atoms with Crippen molar-refractivity contribution in [1.82, 2.24) is 24.6 Å². The number of amides is 1. The van der Waals surface area contributed by atoms with Crippen LogP contribution >= 0.6 is 0 Å². The average Bonchev–Trinajstić information content (AvgIpc) is 3.41. The monoisotopic (exact) mass is 487 g/mol. The topological polar surface area (TPSA) is 150 Å². The minimum atomic E-state index is -4.89. The van der Waals surface area contributed by atoms with Crippen molar-refractivity contribution in [2.45, 2.75) is 25.2 Å². The maximum absolute atomic E-state index is 12.7. The lowest BCUT2D eigenvalue weighted by Gasteiger charge is -2.10. The molecule has 5 rings (SSSR count). The maximum atomic E-state index is 12.7. The second-order valence-electron chi connectivity index (χ2n) is 7.71. The van der Waals surface area contributed by atoms with Crippen LogP contribution in [-0.2, 0) is 0 Å². The summed E-state index contributed by atoms with van der Waals surface area (Å²) in [6, 6.07) is 6.22. The Morgan fingerprint density at radius 2 is 2.09 bits per heavy atom. The number of aromatic hydroxyl groups is 1. The van der Waals surface area contributed by atoms with Gasteiger partial charge < -0.3 is 20.1 Å². The molecule has 11 nitrogen and oxygen atoms in total. The standard InChI is InChI=1S/C21H16F3N7O4/c22-21(23,24)35-13-3-1-2-10(6-13)18(32)29-15-8-16(26-12-4-5-12)31-17(28-15)11(9-25-31)7-14-19(33)30-20(34)27-14/h1-3,6-9,12,33H,4-5H2,(H,29,32)(H2,27,30,34). The van der Waals surface area contributed by atoms with E-state index in [4.69, 9.17) is 0 Å². The molecule has 4 aromatic rings. The smallest absolute Gasteiger partial charge is 0.493 e. The van der Waals surface area contributed by atoms with E-state index in [-0.39, 0.29) is 34.6 Å². The third-order valence-corrected chi connectivity index (χ3v) is 4.95. The molecule has 1 fully saturated rings. The third kappa shape index (κ3) is 5.00. The van der Waals surface area contributed by atoms with E-state index < -0.39 is 23.7 Å². The van der Waals surface area contributed by atoms with Crippen LogP contribution < -0.4 is 26.4 Å². The molecule has 14 heteroatoms. The van der Waals surface area contributed by atoms with E-state index in [1.807, 2.05) is 0 Å². The molecule has 35 heavy (non-hydrogen) atoms. The highest BCUT2D eigenvalue weighted by atomic mass is 19.4. The number of H-pyrrole nitrogens is 2. The van der Waals surface area contributed by atoms with E-state index >= 15 is 0 Å². The highest BCUT2D eigenvalue weighted by Crippen LogP contribution is 2.24. The number of nitrogens with one attached hydrogen (secondary N) is 3. The van der Waals surface area contributed by atoms with Gasteiger partial charge in [-0.15, -0.1) is 13.2 Å². The van der Waals surface area contributed by atoms with E-state index in [1.54, 1.807) is 0 Å². The maximum Gasteiger partial charge on any atom is 0.573 e. The molecule has 180 valence electrons. The minimum absolute atomic E-state index is 0.0750. The van der Waals surface area contributed by atoms with Crippen LogP contribution in [0.5, 0.6) is 11.6 Å². The number of hydrogen-bond acceptors (Lipinski definition) is 7. The van der Waals surface area contributed by atoms with Gasteiger partial charge in [-0.3, -0.25) is 14.8 Å². The van der Waals surface area contributed by atoms with Gasteiger partial charge in [-0.05, 0) is 37.1 Å². The quantitative estimate of drug-likeness (QED) is 0.333. The van der Waals surface area contributed by atoms with Crippen molar-refractivity contribution in [2.24, 2.45) is 4.99 Å². The highest BCUT2D eigenvalue weighted by molar-refractivity contribution is 6.04. The number of halogens is 3. The summed E-state index contributed by atoms with van der Waals surface area (Å²) in [4.78, 5) is 37.8. The number of carbonyl (C=O) groups is 1. The van der Waals surface area contributed by atoms with Crippen molar-refractivity contribution in [3.8, 4) is 11.6 Å². The number of aromatic amines is 2. The zero-order chi connectivity index (χ0) is 24.7. The molecule has 3 heterocycles. The first-order valence-electron chi connectivity index (χ1n) is 10.3. The molecule has 1 amide bonds. The van der Waals surface area contributed by atoms with Gasteiger partial charge in [0.05, 0.1) is 12.2 Å². The third-order valence-electron chi connectivity index (χ3n) is 4.95. The Morgan fingerprint density at radius 1 is 1.29 bits per heavy atom. The highest BCUT2D eigenvalue weighted by Gasteiger charge is 2.31. The fraction of sp³-hybridized carbons (Fsp3) is 0.190. The van der Waals surface area contributed by atoms with E-state index in [0.29, 0.717) is 10.7 Å². The molecule has 0 spiro atoms. The number of alkyl halides is 3. The Balaban J connectivity index is 1.54. The first kappa shape index (κ1) is 22.2. The van der Waals surface area contributed by atoms with Crippen LogP contribution in [0.3, 0.4) is 0 Å². The summed E-state index contributed by atoms with van der Waals surface area (Å²) in [5.74, 6) is -1.55. The number of hydrogen-bond donors (Lipinski definition) is 4. The van der Waals surface area contributed by atoms with Crippen molar-refractivity contribution in [3.63, 3.8) is 0 Å². The van der Waals surface area contributed by atoms with Gasteiger partial charge in [0, 0.05) is 16.8 Å². The summed E-state index contributed by atoms with van der Waals surface area (Å²) in [5.41, 5.74) is 0.0750. The van der Waals surface area contributed by atoms with Crippen LogP contribution in [0.1, 0.15) is 28.9 Å². The molecular formula is C21H16F3N7O4. The number of aromatic nitrogens is 5. The zero-order valence-corrected chi connectivity index (χ0v) is 17.6. The number of nitrogens with zero attached hydrogens (tertiary/aromatic N) is 4. The number of anilines is 1. The molecule has 0 bridgehead atoms. The van der Waals surface area contributed by atoms with Gasteiger partial charge in [-0.2, -0.15) is 9.61 Å². The van der Waals surface area contributed by atoms with Crippen LogP contribution in [0.15, 0.2) is 46.3 Å². The lowest BCUT2D eigenvalue weighted by Crippen LogP contribution is -2.22. The normalized spacial score (nSPS) is 15.1. The number of carbonyl (C=O) groups excluding carboxylic acids is 1. The molecule has 0 unspecified atom stereocenters. The van der Waals surface area contributed by atoms with Crippen molar-refractivity contribution >= 4 is 23.4 Å². The second kappa shape index (κ2) is 8.30. The Morgan fingerprint density at radius 3 is 2.77 bits per heavy atom. The van der Waals surface area contributed by atoms with Crippen molar-refractivity contribution in [2.75, 3.05) is 5.32 Å². The van der Waals surface area contributed by atoms with E-state index in [0.717, 1.165) is 25.0 Å². The van der Waals surface area contributed by atoms with Gasteiger partial charge in [0.1, 0.15) is 17.3 Å². The predicted molar refractivity (Wildman–Crippen MR) is 115 cm³/mol. The predicted octanol–water partition coefficient (Wildman–Crippen LogP) is 1.21. The summed E-state index contributed by atoms with van der Waals surface area (Å²) in [5, 5.41) is 17.1. The molecule has 1 aliphatic carbocycles. The van der Waals surface area contributed by atoms with Crippen molar-refractivity contribution < 1.29 is 27.8 Å². The number of fused-ring (bicyclic) bond motifs is 1. The van der Waals surface area contributed by atoms with Crippen LogP contribution in [0.25, 0.3) is 11.7 Å². The molecule has 1 saturated carbocycles. The molecular weight excluding hydrogens is 471 g/mol. The molecule has 0 saturated heterocycles. The van der Waals surface area contributed by atoms with Crippen molar-refractivity contribution in [1.29, 1.82) is 0 Å². The number of imidazole rings is 1. The van der Waals surface area contributed by atoms with E-state index in [1.165, 1.54) is 35.0 Å². The average molecular weight is 487 g/mol. The van der Waals surface area contributed by atoms with Crippen LogP contribution in [0.4, 0.5) is 19.0 Å². The SMILES string of the molecule is O=C(Nc1cc(=NC2CC2)n2ncc(=Cc3[nH]c(=O)[nH]c3O)c2n1)c1cccc(OC(F)(F)F)c1. The molecule has 4 N–H and O–H groups in total. The van der Waals surface area contributed by atoms with E-state index in [2.05, 4.69) is 35.1 Å². The van der Waals surface area contributed by atoms with Crippen LogP contribution in [0.2, 0.25) is 0 Å². The Bertz CT molecular complexity index is 1620.